The van der Waals surface area contributed by atoms with Crippen LogP contribution >= 0.6 is 23.2 Å². The van der Waals surface area contributed by atoms with Gasteiger partial charge in [-0.25, -0.2) is 0 Å². The van der Waals surface area contributed by atoms with E-state index in [1.807, 2.05) is 0 Å². The molecule has 2 saturated carbocycles. The summed E-state index contributed by atoms with van der Waals surface area (Å²) in [5, 5.41) is 6.18. The number of hydrogen-bond donors (Lipinski definition) is 0. The standard InChI is InChI=1S/C18H14Cl2N2O2/c19-9-2-1-8(14(20)5-9)7-21-22-17(23)15-10-3-4-11(13-6-12(10)13)16(15)18(22)24/h1-5,7,10-13,15-16H,6H2/t10-,11-,12-,13-,15+,16+/m0/s1. The lowest BCUT2D eigenvalue weighted by Gasteiger charge is -2.37. The number of hydrazone groups is 1. The first-order valence-electron chi connectivity index (χ1n) is 8.11. The van der Waals surface area contributed by atoms with E-state index >= 15 is 0 Å². The number of halogens is 2. The molecule has 122 valence electrons. The molecule has 1 aliphatic heterocycles. The first-order chi connectivity index (χ1) is 11.6. The zero-order valence-corrected chi connectivity index (χ0v) is 14.1. The van der Waals surface area contributed by atoms with Crippen LogP contribution in [0.1, 0.15) is 12.0 Å². The van der Waals surface area contributed by atoms with E-state index in [-0.39, 0.29) is 35.5 Å². The summed E-state index contributed by atoms with van der Waals surface area (Å²) in [7, 11) is 0. The highest BCUT2D eigenvalue weighted by Gasteiger charge is 2.67. The van der Waals surface area contributed by atoms with Crippen LogP contribution in [0.4, 0.5) is 0 Å². The quantitative estimate of drug-likeness (QED) is 0.461. The molecule has 24 heavy (non-hydrogen) atoms. The van der Waals surface area contributed by atoms with Gasteiger partial charge in [-0.15, -0.1) is 0 Å². The normalized spacial score (nSPS) is 38.8. The fourth-order valence-electron chi connectivity index (χ4n) is 4.78. The lowest BCUT2D eigenvalue weighted by Crippen LogP contribution is -2.40. The molecular formula is C18H14Cl2N2O2. The Hall–Kier alpha value is -1.65. The van der Waals surface area contributed by atoms with Crippen LogP contribution in [0.25, 0.3) is 0 Å². The zero-order valence-electron chi connectivity index (χ0n) is 12.6. The third-order valence-corrected chi connectivity index (χ3v) is 6.48. The molecular weight excluding hydrogens is 347 g/mol. The molecule has 4 nitrogen and oxygen atoms in total. The van der Waals surface area contributed by atoms with Gasteiger partial charge in [0.1, 0.15) is 0 Å². The van der Waals surface area contributed by atoms with Crippen LogP contribution in [0.2, 0.25) is 10.0 Å². The van der Waals surface area contributed by atoms with E-state index in [4.69, 9.17) is 23.2 Å². The van der Waals surface area contributed by atoms with Crippen molar-refractivity contribution in [3.8, 4) is 0 Å². The Kier molecular flexibility index (Phi) is 3.01. The van der Waals surface area contributed by atoms with Crippen molar-refractivity contribution in [2.75, 3.05) is 0 Å². The van der Waals surface area contributed by atoms with Gasteiger partial charge in [-0.3, -0.25) is 9.59 Å². The third-order valence-electron chi connectivity index (χ3n) is 5.91. The second kappa shape index (κ2) is 4.93. The predicted octanol–water partition coefficient (Wildman–Crippen LogP) is 3.38. The second-order valence-corrected chi connectivity index (χ2v) is 7.90. The molecule has 6 rings (SSSR count). The molecule has 3 fully saturated rings. The Labute approximate surface area is 149 Å². The maximum Gasteiger partial charge on any atom is 0.254 e. The van der Waals surface area contributed by atoms with Crippen molar-refractivity contribution in [3.05, 3.63) is 46.0 Å². The van der Waals surface area contributed by atoms with Crippen LogP contribution in [-0.4, -0.2) is 23.0 Å². The number of benzene rings is 1. The van der Waals surface area contributed by atoms with E-state index in [0.29, 0.717) is 27.4 Å². The van der Waals surface area contributed by atoms with Gasteiger partial charge in [0.15, 0.2) is 0 Å². The smallest absolute Gasteiger partial charge is 0.254 e. The molecule has 1 saturated heterocycles. The van der Waals surface area contributed by atoms with Crippen LogP contribution in [0.5, 0.6) is 0 Å². The van der Waals surface area contributed by atoms with Crippen LogP contribution in [-0.2, 0) is 9.59 Å². The van der Waals surface area contributed by atoms with Crippen molar-refractivity contribution in [2.45, 2.75) is 6.42 Å². The molecule has 5 aliphatic rings. The molecule has 2 amide bonds. The molecule has 0 aromatic heterocycles. The second-order valence-electron chi connectivity index (χ2n) is 7.05. The number of amides is 2. The molecule has 0 N–H and O–H groups in total. The molecule has 0 unspecified atom stereocenters. The maximum atomic E-state index is 12.8. The average Bonchev–Trinajstić information content (AvgIpc) is 3.33. The van der Waals surface area contributed by atoms with Crippen molar-refractivity contribution in [1.29, 1.82) is 0 Å². The number of imide groups is 1. The van der Waals surface area contributed by atoms with Crippen LogP contribution in [0, 0.1) is 35.5 Å². The summed E-state index contributed by atoms with van der Waals surface area (Å²) in [6.07, 6.45) is 6.91. The zero-order chi connectivity index (χ0) is 16.6. The average molecular weight is 361 g/mol. The largest absolute Gasteiger partial charge is 0.272 e. The summed E-state index contributed by atoms with van der Waals surface area (Å²) in [4.78, 5) is 25.5. The molecule has 1 heterocycles. The van der Waals surface area contributed by atoms with Gasteiger partial charge in [0.05, 0.1) is 23.1 Å². The van der Waals surface area contributed by atoms with E-state index in [2.05, 4.69) is 17.3 Å². The van der Waals surface area contributed by atoms with Gasteiger partial charge in [0.25, 0.3) is 11.8 Å². The number of hydrogen-bond acceptors (Lipinski definition) is 3. The highest BCUT2D eigenvalue weighted by Crippen LogP contribution is 2.65. The molecule has 2 bridgehead atoms. The minimum atomic E-state index is -0.228. The molecule has 6 heteroatoms. The molecule has 4 aliphatic carbocycles. The topological polar surface area (TPSA) is 49.7 Å². The van der Waals surface area contributed by atoms with E-state index in [0.717, 1.165) is 11.4 Å². The van der Waals surface area contributed by atoms with Crippen molar-refractivity contribution >= 4 is 41.2 Å². The molecule has 1 aromatic rings. The van der Waals surface area contributed by atoms with Crippen molar-refractivity contribution in [2.24, 2.45) is 40.6 Å². The first-order valence-corrected chi connectivity index (χ1v) is 8.87. The monoisotopic (exact) mass is 360 g/mol. The van der Waals surface area contributed by atoms with E-state index < -0.39 is 0 Å². The Morgan fingerprint density at radius 3 is 2.25 bits per heavy atom. The maximum absolute atomic E-state index is 12.8. The predicted molar refractivity (Wildman–Crippen MR) is 90.6 cm³/mol. The minimum Gasteiger partial charge on any atom is -0.272 e. The molecule has 1 aromatic carbocycles. The third kappa shape index (κ3) is 1.90. The van der Waals surface area contributed by atoms with Crippen LogP contribution < -0.4 is 0 Å². The van der Waals surface area contributed by atoms with E-state index in [9.17, 15) is 9.59 Å². The Morgan fingerprint density at radius 1 is 1.04 bits per heavy atom. The van der Waals surface area contributed by atoms with Gasteiger partial charge in [-0.1, -0.05) is 41.4 Å². The SMILES string of the molecule is O=C1[C@@H]2[C@H]3C=C[C@@H]([C@@H]4C[C@@H]34)[C@H]2C(=O)N1N=Cc1ccc(Cl)cc1Cl. The van der Waals surface area contributed by atoms with Crippen molar-refractivity contribution in [1.82, 2.24) is 5.01 Å². The molecule has 6 atom stereocenters. The van der Waals surface area contributed by atoms with Crippen molar-refractivity contribution < 1.29 is 9.59 Å². The fourth-order valence-corrected chi connectivity index (χ4v) is 5.24. The van der Waals surface area contributed by atoms with Crippen LogP contribution in [0.3, 0.4) is 0 Å². The summed E-state index contributed by atoms with van der Waals surface area (Å²) in [6.45, 7) is 0. The first kappa shape index (κ1) is 14.7. The fraction of sp³-hybridized carbons (Fsp3) is 0.389. The highest BCUT2D eigenvalue weighted by molar-refractivity contribution is 6.36. The Balaban J connectivity index is 1.45. The van der Waals surface area contributed by atoms with Gasteiger partial charge in [-0.05, 0) is 42.2 Å². The lowest BCUT2D eigenvalue weighted by molar-refractivity contribution is -0.140. The summed E-state index contributed by atoms with van der Waals surface area (Å²) in [5.41, 5.74) is 0.625. The van der Waals surface area contributed by atoms with Gasteiger partial charge < -0.3 is 0 Å². The van der Waals surface area contributed by atoms with Gasteiger partial charge in [0, 0.05) is 10.6 Å². The van der Waals surface area contributed by atoms with Gasteiger partial charge >= 0.3 is 0 Å². The van der Waals surface area contributed by atoms with E-state index in [1.54, 1.807) is 18.2 Å². The Bertz CT molecular complexity index is 798. The summed E-state index contributed by atoms with van der Waals surface area (Å²) >= 11 is 12.0. The number of carbonyl (C=O) groups excluding carboxylic acids is 2. The molecule has 0 radical (unpaired) electrons. The minimum absolute atomic E-state index is 0.170. The Morgan fingerprint density at radius 2 is 1.67 bits per heavy atom. The number of allylic oxidation sites excluding steroid dienone is 2. The number of nitrogens with zero attached hydrogens (tertiary/aromatic N) is 2. The van der Waals surface area contributed by atoms with Gasteiger partial charge in [-0.2, -0.15) is 10.1 Å². The highest BCUT2D eigenvalue weighted by atomic mass is 35.5. The van der Waals surface area contributed by atoms with Crippen molar-refractivity contribution in [3.63, 3.8) is 0 Å². The summed E-state index contributed by atoms with van der Waals surface area (Å²) in [5.74, 6) is 0.803. The lowest BCUT2D eigenvalue weighted by atomic mass is 9.63. The van der Waals surface area contributed by atoms with E-state index in [1.165, 1.54) is 6.21 Å². The van der Waals surface area contributed by atoms with Crippen LogP contribution in [0.15, 0.2) is 35.5 Å². The molecule has 0 spiro atoms. The van der Waals surface area contributed by atoms with Gasteiger partial charge in [0.2, 0.25) is 0 Å². The summed E-state index contributed by atoms with van der Waals surface area (Å²) in [6, 6.07) is 5.02. The number of carbonyl (C=O) groups is 2. The number of rotatable bonds is 2. The summed E-state index contributed by atoms with van der Waals surface area (Å²) < 4.78 is 0.